The van der Waals surface area contributed by atoms with E-state index in [0.29, 0.717) is 41.7 Å². The fourth-order valence-electron chi connectivity index (χ4n) is 4.39. The SMILES string of the molecule is COc1ccc(CCN(C(=O)Cn2nnc3ccccc32)C(C(=O)NCCC(C)C)c2ccco2)cc1OC. The Kier molecular flexibility index (Phi) is 9.19. The number of hydrogen-bond acceptors (Lipinski definition) is 7. The summed E-state index contributed by atoms with van der Waals surface area (Å²) >= 11 is 0. The van der Waals surface area contributed by atoms with E-state index in [1.807, 2.05) is 42.5 Å². The average Bonchev–Trinajstić information content (AvgIpc) is 3.61. The number of benzene rings is 2. The number of rotatable bonds is 13. The van der Waals surface area contributed by atoms with Crippen molar-refractivity contribution in [3.8, 4) is 11.5 Å². The molecule has 0 aliphatic heterocycles. The lowest BCUT2D eigenvalue weighted by Crippen LogP contribution is -2.46. The molecule has 1 unspecified atom stereocenters. The standard InChI is InChI=1S/C29H35N5O5/c1-20(2)13-15-30-29(36)28(25-10-7-17-39-25)33(16-14-21-11-12-24(37-3)26(18-21)38-4)27(35)19-34-23-9-6-5-8-22(23)31-32-34/h5-12,17-18,20,28H,13-16,19H2,1-4H3,(H,30,36). The number of ether oxygens (including phenoxy) is 2. The first-order chi connectivity index (χ1) is 18.9. The fourth-order valence-corrected chi connectivity index (χ4v) is 4.39. The molecule has 4 aromatic rings. The van der Waals surface area contributed by atoms with Gasteiger partial charge in [-0.1, -0.05) is 37.3 Å². The molecule has 0 spiro atoms. The molecule has 1 atom stereocenters. The summed E-state index contributed by atoms with van der Waals surface area (Å²) in [7, 11) is 3.16. The highest BCUT2D eigenvalue weighted by Gasteiger charge is 2.33. The maximum atomic E-state index is 13.9. The topological polar surface area (TPSA) is 112 Å². The summed E-state index contributed by atoms with van der Waals surface area (Å²) in [5.74, 6) is 1.44. The lowest BCUT2D eigenvalue weighted by atomic mass is 10.1. The predicted octanol–water partition coefficient (Wildman–Crippen LogP) is 4.02. The second-order valence-corrected chi connectivity index (χ2v) is 9.65. The highest BCUT2D eigenvalue weighted by molar-refractivity contribution is 5.88. The van der Waals surface area contributed by atoms with Crippen LogP contribution in [0, 0.1) is 5.92 Å². The zero-order chi connectivity index (χ0) is 27.8. The van der Waals surface area contributed by atoms with Crippen LogP contribution >= 0.6 is 0 Å². The molecule has 2 aromatic carbocycles. The Morgan fingerprint density at radius 2 is 1.85 bits per heavy atom. The van der Waals surface area contributed by atoms with Gasteiger partial charge in [-0.2, -0.15) is 0 Å². The quantitative estimate of drug-likeness (QED) is 0.276. The van der Waals surface area contributed by atoms with E-state index in [9.17, 15) is 9.59 Å². The van der Waals surface area contributed by atoms with Gasteiger partial charge in [0.05, 0.1) is 26.0 Å². The second-order valence-electron chi connectivity index (χ2n) is 9.65. The van der Waals surface area contributed by atoms with E-state index in [1.54, 1.807) is 35.9 Å². The van der Waals surface area contributed by atoms with Crippen molar-refractivity contribution in [1.82, 2.24) is 25.2 Å². The van der Waals surface area contributed by atoms with Gasteiger partial charge in [0.1, 0.15) is 17.8 Å². The van der Waals surface area contributed by atoms with E-state index < -0.39 is 6.04 Å². The number of carbonyl (C=O) groups excluding carboxylic acids is 2. The van der Waals surface area contributed by atoms with E-state index in [-0.39, 0.29) is 24.9 Å². The summed E-state index contributed by atoms with van der Waals surface area (Å²) in [5.41, 5.74) is 2.35. The lowest BCUT2D eigenvalue weighted by molar-refractivity contribution is -0.142. The van der Waals surface area contributed by atoms with Crippen LogP contribution < -0.4 is 14.8 Å². The Labute approximate surface area is 227 Å². The molecule has 0 bridgehead atoms. The molecule has 206 valence electrons. The molecule has 0 fully saturated rings. The Bertz CT molecular complexity index is 1380. The maximum Gasteiger partial charge on any atom is 0.250 e. The molecular formula is C29H35N5O5. The smallest absolute Gasteiger partial charge is 0.250 e. The van der Waals surface area contributed by atoms with Crippen molar-refractivity contribution in [2.45, 2.75) is 39.3 Å². The van der Waals surface area contributed by atoms with Crippen molar-refractivity contribution in [2.24, 2.45) is 5.92 Å². The molecule has 2 aromatic heterocycles. The summed E-state index contributed by atoms with van der Waals surface area (Å²) in [6, 6.07) is 15.5. The van der Waals surface area contributed by atoms with Crippen molar-refractivity contribution in [3.63, 3.8) is 0 Å². The van der Waals surface area contributed by atoms with Crippen molar-refractivity contribution < 1.29 is 23.5 Å². The minimum Gasteiger partial charge on any atom is -0.493 e. The summed E-state index contributed by atoms with van der Waals surface area (Å²) in [6.07, 6.45) is 2.80. The van der Waals surface area contributed by atoms with Crippen LogP contribution in [0.2, 0.25) is 0 Å². The van der Waals surface area contributed by atoms with Gasteiger partial charge >= 0.3 is 0 Å². The van der Waals surface area contributed by atoms with E-state index in [1.165, 1.54) is 6.26 Å². The van der Waals surface area contributed by atoms with E-state index in [4.69, 9.17) is 13.9 Å². The van der Waals surface area contributed by atoms with E-state index in [0.717, 1.165) is 17.5 Å². The number of carbonyl (C=O) groups is 2. The average molecular weight is 534 g/mol. The highest BCUT2D eigenvalue weighted by Crippen LogP contribution is 2.29. The van der Waals surface area contributed by atoms with Crippen molar-refractivity contribution in [3.05, 3.63) is 72.2 Å². The summed E-state index contributed by atoms with van der Waals surface area (Å²) < 4.78 is 18.0. The second kappa shape index (κ2) is 12.9. The van der Waals surface area contributed by atoms with Gasteiger partial charge in [0, 0.05) is 13.1 Å². The molecule has 0 radical (unpaired) electrons. The molecule has 0 saturated heterocycles. The molecule has 2 heterocycles. The van der Waals surface area contributed by atoms with Gasteiger partial charge in [-0.25, -0.2) is 4.68 Å². The zero-order valence-corrected chi connectivity index (χ0v) is 22.8. The van der Waals surface area contributed by atoms with Crippen LogP contribution in [-0.2, 0) is 22.6 Å². The zero-order valence-electron chi connectivity index (χ0n) is 22.8. The Hall–Kier alpha value is -4.34. The number of fused-ring (bicyclic) bond motifs is 1. The molecule has 0 aliphatic carbocycles. The number of methoxy groups -OCH3 is 2. The molecule has 1 N–H and O–H groups in total. The lowest BCUT2D eigenvalue weighted by Gasteiger charge is -2.30. The van der Waals surface area contributed by atoms with Gasteiger partial charge in [0.25, 0.3) is 5.91 Å². The van der Waals surface area contributed by atoms with Crippen LogP contribution in [0.1, 0.15) is 37.6 Å². The van der Waals surface area contributed by atoms with Gasteiger partial charge in [0.2, 0.25) is 5.91 Å². The number of hydrogen-bond donors (Lipinski definition) is 1. The molecule has 0 saturated carbocycles. The van der Waals surface area contributed by atoms with Gasteiger partial charge in [-0.15, -0.1) is 5.10 Å². The van der Waals surface area contributed by atoms with Crippen molar-refractivity contribution in [2.75, 3.05) is 27.3 Å². The molecule has 10 nitrogen and oxygen atoms in total. The largest absolute Gasteiger partial charge is 0.493 e. The molecule has 2 amide bonds. The van der Waals surface area contributed by atoms with Crippen LogP contribution in [0.4, 0.5) is 0 Å². The number of para-hydroxylation sites is 1. The van der Waals surface area contributed by atoms with Gasteiger partial charge in [-0.05, 0) is 60.7 Å². The third-order valence-electron chi connectivity index (χ3n) is 6.51. The van der Waals surface area contributed by atoms with Crippen LogP contribution in [-0.4, -0.2) is 59.0 Å². The molecule has 39 heavy (non-hydrogen) atoms. The van der Waals surface area contributed by atoms with Crippen molar-refractivity contribution >= 4 is 22.8 Å². The number of furan rings is 1. The molecule has 4 rings (SSSR count). The van der Waals surface area contributed by atoms with Gasteiger partial charge in [0.15, 0.2) is 17.5 Å². The van der Waals surface area contributed by atoms with Crippen LogP contribution in [0.15, 0.2) is 65.3 Å². The third kappa shape index (κ3) is 6.76. The van der Waals surface area contributed by atoms with Crippen molar-refractivity contribution in [1.29, 1.82) is 0 Å². The fraction of sp³-hybridized carbons (Fsp3) is 0.379. The first-order valence-electron chi connectivity index (χ1n) is 13.0. The maximum absolute atomic E-state index is 13.9. The van der Waals surface area contributed by atoms with E-state index in [2.05, 4.69) is 29.5 Å². The number of amides is 2. The first kappa shape index (κ1) is 27.7. The molecule has 10 heteroatoms. The molecular weight excluding hydrogens is 498 g/mol. The third-order valence-corrected chi connectivity index (χ3v) is 6.51. The van der Waals surface area contributed by atoms with Crippen LogP contribution in [0.25, 0.3) is 11.0 Å². The summed E-state index contributed by atoms with van der Waals surface area (Å²) in [6.45, 7) is 4.86. The van der Waals surface area contributed by atoms with Crippen LogP contribution in [0.3, 0.4) is 0 Å². The first-order valence-corrected chi connectivity index (χ1v) is 13.0. The van der Waals surface area contributed by atoms with Gasteiger partial charge in [-0.3, -0.25) is 9.59 Å². The number of nitrogens with zero attached hydrogens (tertiary/aromatic N) is 4. The predicted molar refractivity (Wildman–Crippen MR) is 146 cm³/mol. The minimum atomic E-state index is -0.949. The number of nitrogens with one attached hydrogen (secondary N) is 1. The highest BCUT2D eigenvalue weighted by atomic mass is 16.5. The summed E-state index contributed by atoms with van der Waals surface area (Å²) in [4.78, 5) is 29.0. The Morgan fingerprint density at radius 1 is 1.05 bits per heavy atom. The van der Waals surface area contributed by atoms with Crippen LogP contribution in [0.5, 0.6) is 11.5 Å². The Balaban J connectivity index is 1.64. The number of aromatic nitrogens is 3. The minimum absolute atomic E-state index is 0.0804. The monoisotopic (exact) mass is 533 g/mol. The van der Waals surface area contributed by atoms with Gasteiger partial charge < -0.3 is 24.1 Å². The Morgan fingerprint density at radius 3 is 2.56 bits per heavy atom. The van der Waals surface area contributed by atoms with E-state index >= 15 is 0 Å². The summed E-state index contributed by atoms with van der Waals surface area (Å²) in [5, 5.41) is 11.3. The molecule has 0 aliphatic rings. The normalized spacial score (nSPS) is 11.9.